The molecule has 8 heteroatoms. The number of nitrogens with zero attached hydrogens (tertiary/aromatic N) is 2. The predicted molar refractivity (Wildman–Crippen MR) is 75.2 cm³/mol. The van der Waals surface area contributed by atoms with Crippen LogP contribution in [0.5, 0.6) is 0 Å². The fraction of sp³-hybridized carbons (Fsp3) is 0.333. The van der Waals surface area contributed by atoms with Crippen LogP contribution in [0.4, 0.5) is 5.69 Å². The van der Waals surface area contributed by atoms with E-state index in [4.69, 9.17) is 21.9 Å². The van der Waals surface area contributed by atoms with Crippen molar-refractivity contribution in [3.05, 3.63) is 29.0 Å². The number of halogens is 1. The third-order valence-electron chi connectivity index (χ3n) is 3.28. The highest BCUT2D eigenvalue weighted by Gasteiger charge is 2.32. The maximum Gasteiger partial charge on any atom is 0.260 e. The summed E-state index contributed by atoms with van der Waals surface area (Å²) in [7, 11) is -2.98. The molecular weight excluding hydrogens is 302 g/mol. The number of hydrogen-bond acceptors (Lipinski definition) is 6. The van der Waals surface area contributed by atoms with E-state index in [1.165, 1.54) is 0 Å². The molecule has 0 amide bonds. The minimum absolute atomic E-state index is 0.0715. The lowest BCUT2D eigenvalue weighted by Gasteiger charge is -2.01. The van der Waals surface area contributed by atoms with Crippen LogP contribution in [0.1, 0.15) is 18.2 Å². The van der Waals surface area contributed by atoms with Gasteiger partial charge in [0.2, 0.25) is 0 Å². The van der Waals surface area contributed by atoms with E-state index in [0.717, 1.165) is 0 Å². The number of benzene rings is 1. The normalized spacial score (nSPS) is 21.1. The van der Waals surface area contributed by atoms with Crippen LogP contribution in [0.15, 0.2) is 22.7 Å². The van der Waals surface area contributed by atoms with Crippen molar-refractivity contribution >= 4 is 27.1 Å². The molecule has 1 aromatic carbocycles. The second-order valence-electron chi connectivity index (χ2n) is 4.79. The van der Waals surface area contributed by atoms with E-state index >= 15 is 0 Å². The highest BCUT2D eigenvalue weighted by Crippen LogP contribution is 2.31. The van der Waals surface area contributed by atoms with Crippen LogP contribution < -0.4 is 5.73 Å². The first-order valence-corrected chi connectivity index (χ1v) is 8.24. The topological polar surface area (TPSA) is 99.1 Å². The molecule has 1 fully saturated rings. The Morgan fingerprint density at radius 1 is 1.40 bits per heavy atom. The lowest BCUT2D eigenvalue weighted by molar-refractivity contribution is 0.418. The van der Waals surface area contributed by atoms with Crippen molar-refractivity contribution in [3.63, 3.8) is 0 Å². The van der Waals surface area contributed by atoms with Crippen molar-refractivity contribution in [2.45, 2.75) is 12.3 Å². The summed E-state index contributed by atoms with van der Waals surface area (Å²) in [6, 6.07) is 4.97. The number of nitrogens with two attached hydrogens (primary N) is 1. The summed E-state index contributed by atoms with van der Waals surface area (Å²) >= 11 is 5.83. The summed E-state index contributed by atoms with van der Waals surface area (Å²) in [6.45, 7) is 0. The number of nitrogen functional groups attached to an aromatic ring is 1. The second-order valence-corrected chi connectivity index (χ2v) is 7.45. The Bertz CT molecular complexity index is 757. The fourth-order valence-corrected chi connectivity index (χ4v) is 4.16. The molecule has 1 aliphatic rings. The molecule has 0 spiro atoms. The summed E-state index contributed by atoms with van der Waals surface area (Å²) in [5, 5.41) is 4.39. The molecule has 1 aromatic heterocycles. The predicted octanol–water partition coefficient (Wildman–Crippen LogP) is 1.87. The van der Waals surface area contributed by atoms with Gasteiger partial charge in [0.15, 0.2) is 15.7 Å². The van der Waals surface area contributed by atoms with Crippen molar-refractivity contribution < 1.29 is 12.9 Å². The molecule has 20 heavy (non-hydrogen) atoms. The van der Waals surface area contributed by atoms with Crippen LogP contribution in [-0.4, -0.2) is 30.1 Å². The Morgan fingerprint density at radius 3 is 2.85 bits per heavy atom. The first-order chi connectivity index (χ1) is 9.44. The van der Waals surface area contributed by atoms with Crippen LogP contribution >= 0.6 is 11.6 Å². The molecule has 2 N–H and O–H groups in total. The van der Waals surface area contributed by atoms with Crippen LogP contribution in [0.3, 0.4) is 0 Å². The van der Waals surface area contributed by atoms with Crippen molar-refractivity contribution in [1.29, 1.82) is 0 Å². The van der Waals surface area contributed by atoms with Crippen LogP contribution in [-0.2, 0) is 9.84 Å². The average molecular weight is 314 g/mol. The number of aromatic nitrogens is 2. The minimum Gasteiger partial charge on any atom is -0.398 e. The van der Waals surface area contributed by atoms with Gasteiger partial charge in [0, 0.05) is 16.6 Å². The lowest BCUT2D eigenvalue weighted by atomic mass is 10.1. The first-order valence-electron chi connectivity index (χ1n) is 6.04. The molecule has 1 saturated heterocycles. The van der Waals surface area contributed by atoms with E-state index in [1.807, 2.05) is 0 Å². The van der Waals surface area contributed by atoms with E-state index < -0.39 is 9.84 Å². The largest absolute Gasteiger partial charge is 0.398 e. The van der Waals surface area contributed by atoms with Gasteiger partial charge in [0.05, 0.1) is 17.1 Å². The van der Waals surface area contributed by atoms with Gasteiger partial charge in [-0.15, -0.1) is 0 Å². The van der Waals surface area contributed by atoms with Gasteiger partial charge in [-0.05, 0) is 24.6 Å². The average Bonchev–Trinajstić information content (AvgIpc) is 2.95. The Labute approximate surface area is 120 Å². The molecule has 6 nitrogen and oxygen atoms in total. The summed E-state index contributed by atoms with van der Waals surface area (Å²) in [6.07, 6.45) is 0.525. The number of rotatable bonds is 2. The van der Waals surface area contributed by atoms with Crippen molar-refractivity contribution in [1.82, 2.24) is 10.1 Å². The molecule has 0 saturated carbocycles. The van der Waals surface area contributed by atoms with Gasteiger partial charge in [-0.3, -0.25) is 0 Å². The Kier molecular flexibility index (Phi) is 3.18. The Morgan fingerprint density at radius 2 is 2.20 bits per heavy atom. The molecule has 2 heterocycles. The van der Waals surface area contributed by atoms with Gasteiger partial charge in [0.1, 0.15) is 0 Å². The summed E-state index contributed by atoms with van der Waals surface area (Å²) in [4.78, 5) is 4.25. The fourth-order valence-electron chi connectivity index (χ4n) is 2.24. The summed E-state index contributed by atoms with van der Waals surface area (Å²) in [5.41, 5.74) is 6.88. The Hall–Kier alpha value is -1.60. The van der Waals surface area contributed by atoms with Crippen molar-refractivity contribution in [3.8, 4) is 11.5 Å². The SMILES string of the molecule is Nc1cc(Cl)ccc1-c1nc(C2CCS(=O)(=O)C2)no1. The molecule has 1 unspecified atom stereocenters. The molecule has 0 bridgehead atoms. The second kappa shape index (κ2) is 4.75. The smallest absolute Gasteiger partial charge is 0.260 e. The van der Waals surface area contributed by atoms with Crippen LogP contribution in [0, 0.1) is 0 Å². The molecule has 0 aliphatic carbocycles. The van der Waals surface area contributed by atoms with Crippen LogP contribution in [0.2, 0.25) is 5.02 Å². The third kappa shape index (κ3) is 2.51. The van der Waals surface area contributed by atoms with E-state index in [1.54, 1.807) is 18.2 Å². The quantitative estimate of drug-likeness (QED) is 0.850. The number of sulfone groups is 1. The van der Waals surface area contributed by atoms with Crippen molar-refractivity contribution in [2.24, 2.45) is 0 Å². The van der Waals surface area contributed by atoms with Gasteiger partial charge in [-0.2, -0.15) is 4.98 Å². The molecule has 3 rings (SSSR count). The zero-order valence-corrected chi connectivity index (χ0v) is 12.0. The molecular formula is C12H12ClN3O3S. The zero-order valence-electron chi connectivity index (χ0n) is 10.4. The van der Waals surface area contributed by atoms with Gasteiger partial charge >= 0.3 is 0 Å². The maximum absolute atomic E-state index is 11.5. The maximum atomic E-state index is 11.5. The number of hydrogen-bond donors (Lipinski definition) is 1. The van der Waals surface area contributed by atoms with Crippen molar-refractivity contribution in [2.75, 3.05) is 17.2 Å². The summed E-state index contributed by atoms with van der Waals surface area (Å²) in [5.74, 6) is 0.729. The van der Waals surface area contributed by atoms with E-state index in [9.17, 15) is 8.42 Å². The minimum atomic E-state index is -2.98. The number of anilines is 1. The highest BCUT2D eigenvalue weighted by atomic mass is 35.5. The van der Waals surface area contributed by atoms with Gasteiger partial charge in [-0.25, -0.2) is 8.42 Å². The van der Waals surface area contributed by atoms with E-state index in [0.29, 0.717) is 28.5 Å². The standard InChI is InChI=1S/C12H12ClN3O3S/c13-8-1-2-9(10(14)5-8)12-15-11(16-19-12)7-3-4-20(17,18)6-7/h1-2,5,7H,3-4,6,14H2. The Balaban J connectivity index is 1.91. The molecule has 1 aliphatic heterocycles. The monoisotopic (exact) mass is 313 g/mol. The lowest BCUT2D eigenvalue weighted by Crippen LogP contribution is -2.05. The third-order valence-corrected chi connectivity index (χ3v) is 5.29. The van der Waals surface area contributed by atoms with E-state index in [2.05, 4.69) is 10.1 Å². The van der Waals surface area contributed by atoms with Crippen LogP contribution in [0.25, 0.3) is 11.5 Å². The first kappa shape index (κ1) is 13.4. The van der Waals surface area contributed by atoms with Gasteiger partial charge in [-0.1, -0.05) is 16.8 Å². The zero-order chi connectivity index (χ0) is 14.3. The molecule has 106 valence electrons. The summed E-state index contributed by atoms with van der Waals surface area (Å²) < 4.78 is 28.1. The van der Waals surface area contributed by atoms with E-state index in [-0.39, 0.29) is 23.3 Å². The molecule has 0 radical (unpaired) electrons. The molecule has 2 aromatic rings. The van der Waals surface area contributed by atoms with Gasteiger partial charge in [0.25, 0.3) is 5.89 Å². The molecule has 1 atom stereocenters. The van der Waals surface area contributed by atoms with Gasteiger partial charge < -0.3 is 10.3 Å². The highest BCUT2D eigenvalue weighted by molar-refractivity contribution is 7.91.